The van der Waals surface area contributed by atoms with Crippen LogP contribution in [0.2, 0.25) is 0 Å². The van der Waals surface area contributed by atoms with Gasteiger partial charge >= 0.3 is 0 Å². The van der Waals surface area contributed by atoms with Crippen molar-refractivity contribution in [3.8, 4) is 89.8 Å². The van der Waals surface area contributed by atoms with Crippen LogP contribution in [0.4, 0.5) is 0 Å². The van der Waals surface area contributed by atoms with Crippen LogP contribution in [-0.4, -0.2) is 15.0 Å². The van der Waals surface area contributed by atoms with Crippen LogP contribution in [0.3, 0.4) is 0 Å². The van der Waals surface area contributed by atoms with E-state index in [0.717, 1.165) is 38.9 Å². The van der Waals surface area contributed by atoms with Crippen molar-refractivity contribution in [3.05, 3.63) is 211 Å². The van der Waals surface area contributed by atoms with Gasteiger partial charge in [-0.2, -0.15) is 0 Å². The zero-order chi connectivity index (χ0) is 39.9. The van der Waals surface area contributed by atoms with E-state index in [2.05, 4.69) is 164 Å². The predicted molar refractivity (Wildman–Crippen MR) is 247 cm³/mol. The number of rotatable bonds is 7. The molecule has 0 amide bonds. The van der Waals surface area contributed by atoms with Crippen molar-refractivity contribution in [2.45, 2.75) is 37.5 Å². The van der Waals surface area contributed by atoms with Gasteiger partial charge in [-0.1, -0.05) is 207 Å². The summed E-state index contributed by atoms with van der Waals surface area (Å²) in [6.45, 7) is 0. The highest BCUT2D eigenvalue weighted by molar-refractivity contribution is 5.85. The van der Waals surface area contributed by atoms with E-state index in [1.807, 2.05) is 36.4 Å². The fraction of sp³-hybridized carbons (Fsp3) is 0.105. The molecule has 11 rings (SSSR count). The van der Waals surface area contributed by atoms with E-state index < -0.39 is 0 Å². The highest BCUT2D eigenvalue weighted by Gasteiger charge is 2.43. The fourth-order valence-electron chi connectivity index (χ4n) is 9.68. The van der Waals surface area contributed by atoms with Gasteiger partial charge in [-0.15, -0.1) is 0 Å². The first-order chi connectivity index (χ1) is 29.7. The lowest BCUT2D eigenvalue weighted by atomic mass is 9.68. The molecule has 286 valence electrons. The minimum atomic E-state index is 0.197. The molecular formula is C57H43N3. The van der Waals surface area contributed by atoms with Gasteiger partial charge in [-0.3, -0.25) is 0 Å². The third-order valence-electron chi connectivity index (χ3n) is 12.8. The maximum atomic E-state index is 5.03. The summed E-state index contributed by atoms with van der Waals surface area (Å²) in [5.41, 5.74) is 18.5. The molecule has 0 N–H and O–H groups in total. The summed E-state index contributed by atoms with van der Waals surface area (Å²) in [5.74, 6) is 1.95. The number of benzene rings is 8. The predicted octanol–water partition coefficient (Wildman–Crippen LogP) is 14.8. The van der Waals surface area contributed by atoms with Gasteiger partial charge < -0.3 is 0 Å². The molecule has 2 aliphatic rings. The first kappa shape index (κ1) is 35.9. The minimum absolute atomic E-state index is 0.197. The van der Waals surface area contributed by atoms with Crippen molar-refractivity contribution < 1.29 is 0 Å². The molecule has 1 heterocycles. The average molecular weight is 770 g/mol. The van der Waals surface area contributed by atoms with Crippen LogP contribution in [0, 0.1) is 0 Å². The molecule has 0 radical (unpaired) electrons. The normalized spacial score (nSPS) is 13.8. The van der Waals surface area contributed by atoms with E-state index in [1.165, 1.54) is 71.0 Å². The largest absolute Gasteiger partial charge is 0.208 e. The summed E-state index contributed by atoms with van der Waals surface area (Å²) in [6, 6.07) is 71.8. The summed E-state index contributed by atoms with van der Waals surface area (Å²) in [4.78, 5) is 15.0. The zero-order valence-corrected chi connectivity index (χ0v) is 33.4. The van der Waals surface area contributed by atoms with E-state index in [0.29, 0.717) is 17.5 Å². The number of hydrogen-bond acceptors (Lipinski definition) is 3. The number of fused-ring (bicyclic) bond motifs is 5. The quantitative estimate of drug-likeness (QED) is 0.162. The molecule has 2 aliphatic carbocycles. The van der Waals surface area contributed by atoms with Crippen LogP contribution >= 0.6 is 0 Å². The molecule has 0 aliphatic heterocycles. The summed E-state index contributed by atoms with van der Waals surface area (Å²) in [7, 11) is 0. The van der Waals surface area contributed by atoms with E-state index >= 15 is 0 Å². The summed E-state index contributed by atoms with van der Waals surface area (Å²) < 4.78 is 0. The molecule has 1 spiro atoms. The standard InChI is InChI=1S/C57H43N3/c1-4-13-39(14-5-1)47-17-12-18-49(37-47)56-59-54(45-15-6-2-7-16-45)58-55(60-56)46-31-29-43(30-32-46)41-23-21-40(22-24-41)42-25-27-44(28-26-42)48-33-34-53-51(38-48)50-19-8-9-20-52(50)57(53)35-10-3-11-36-57/h1-2,4-9,12-34,37-38H,3,10-11,35-36H2. The lowest BCUT2D eigenvalue weighted by molar-refractivity contribution is 0.353. The Balaban J connectivity index is 0.844. The van der Waals surface area contributed by atoms with Gasteiger partial charge in [0.05, 0.1) is 0 Å². The molecule has 3 nitrogen and oxygen atoms in total. The highest BCUT2D eigenvalue weighted by atomic mass is 15.0. The van der Waals surface area contributed by atoms with E-state index in [1.54, 1.807) is 5.56 Å². The van der Waals surface area contributed by atoms with Crippen molar-refractivity contribution in [1.29, 1.82) is 0 Å². The Bertz CT molecular complexity index is 2960. The number of nitrogens with zero attached hydrogens (tertiary/aromatic N) is 3. The van der Waals surface area contributed by atoms with Crippen molar-refractivity contribution >= 4 is 0 Å². The molecule has 8 aromatic carbocycles. The second-order valence-electron chi connectivity index (χ2n) is 16.3. The minimum Gasteiger partial charge on any atom is -0.208 e. The second-order valence-corrected chi connectivity index (χ2v) is 16.3. The van der Waals surface area contributed by atoms with Gasteiger partial charge in [-0.05, 0) is 91.7 Å². The topological polar surface area (TPSA) is 38.7 Å². The Hall–Kier alpha value is -7.23. The van der Waals surface area contributed by atoms with Crippen LogP contribution in [0.1, 0.15) is 43.2 Å². The van der Waals surface area contributed by atoms with Gasteiger partial charge in [-0.25, -0.2) is 15.0 Å². The molecule has 60 heavy (non-hydrogen) atoms. The first-order valence-electron chi connectivity index (χ1n) is 21.2. The summed E-state index contributed by atoms with van der Waals surface area (Å²) in [5, 5.41) is 0. The number of hydrogen-bond donors (Lipinski definition) is 0. The van der Waals surface area contributed by atoms with Crippen molar-refractivity contribution in [3.63, 3.8) is 0 Å². The monoisotopic (exact) mass is 769 g/mol. The maximum absolute atomic E-state index is 5.03. The first-order valence-corrected chi connectivity index (χ1v) is 21.2. The molecular weight excluding hydrogens is 727 g/mol. The van der Waals surface area contributed by atoms with Crippen molar-refractivity contribution in [2.24, 2.45) is 0 Å². The maximum Gasteiger partial charge on any atom is 0.164 e. The third kappa shape index (κ3) is 6.53. The molecule has 0 saturated heterocycles. The van der Waals surface area contributed by atoms with Gasteiger partial charge in [0.15, 0.2) is 17.5 Å². The van der Waals surface area contributed by atoms with Crippen LogP contribution in [0.25, 0.3) is 89.8 Å². The van der Waals surface area contributed by atoms with Crippen molar-refractivity contribution in [2.75, 3.05) is 0 Å². The fourth-order valence-corrected chi connectivity index (χ4v) is 9.68. The van der Waals surface area contributed by atoms with E-state index in [-0.39, 0.29) is 5.41 Å². The van der Waals surface area contributed by atoms with Gasteiger partial charge in [0, 0.05) is 22.1 Å². The Morgan fingerprint density at radius 3 is 1.25 bits per heavy atom. The van der Waals surface area contributed by atoms with Crippen LogP contribution in [0.15, 0.2) is 200 Å². The lowest BCUT2D eigenvalue weighted by Crippen LogP contribution is -2.27. The summed E-state index contributed by atoms with van der Waals surface area (Å²) >= 11 is 0. The van der Waals surface area contributed by atoms with Crippen LogP contribution in [0.5, 0.6) is 0 Å². The summed E-state index contributed by atoms with van der Waals surface area (Å²) in [6.07, 6.45) is 6.51. The Kier molecular flexibility index (Phi) is 9.08. The Labute approximate surface area is 352 Å². The molecule has 0 atom stereocenters. The highest BCUT2D eigenvalue weighted by Crippen LogP contribution is 2.56. The number of aromatic nitrogens is 3. The zero-order valence-electron chi connectivity index (χ0n) is 33.4. The Morgan fingerprint density at radius 1 is 0.267 bits per heavy atom. The molecule has 1 saturated carbocycles. The smallest absolute Gasteiger partial charge is 0.164 e. The molecule has 9 aromatic rings. The molecule has 3 heteroatoms. The lowest BCUT2D eigenvalue weighted by Gasteiger charge is -2.36. The Morgan fingerprint density at radius 2 is 0.650 bits per heavy atom. The molecule has 0 unspecified atom stereocenters. The molecule has 1 fully saturated rings. The average Bonchev–Trinajstić information content (AvgIpc) is 3.60. The van der Waals surface area contributed by atoms with Gasteiger partial charge in [0.1, 0.15) is 0 Å². The van der Waals surface area contributed by atoms with Crippen LogP contribution in [-0.2, 0) is 5.41 Å². The third-order valence-corrected chi connectivity index (χ3v) is 12.8. The van der Waals surface area contributed by atoms with Gasteiger partial charge in [0.2, 0.25) is 0 Å². The SMILES string of the molecule is c1ccc(-c2cccc(-c3nc(-c4ccccc4)nc(-c4ccc(-c5ccc(-c6ccc(-c7ccc8c(c7)-c7ccccc7C87CCCCC7)cc6)cc5)cc4)n3)c2)cc1. The van der Waals surface area contributed by atoms with E-state index in [4.69, 9.17) is 15.0 Å². The second kappa shape index (κ2) is 15.2. The van der Waals surface area contributed by atoms with E-state index in [9.17, 15) is 0 Å². The van der Waals surface area contributed by atoms with Crippen molar-refractivity contribution in [1.82, 2.24) is 15.0 Å². The van der Waals surface area contributed by atoms with Gasteiger partial charge in [0.25, 0.3) is 0 Å². The van der Waals surface area contributed by atoms with Crippen LogP contribution < -0.4 is 0 Å². The molecule has 0 bridgehead atoms. The molecule has 1 aromatic heterocycles.